The second kappa shape index (κ2) is 6.53. The number of hydrogen-bond acceptors (Lipinski definition) is 2. The fraction of sp³-hybridized carbons (Fsp3) is 0.571. The fourth-order valence-corrected chi connectivity index (χ4v) is 2.29. The van der Waals surface area contributed by atoms with Crippen molar-refractivity contribution >= 4 is 15.9 Å². The standard InChI is InChI=1S/C14H22BrNO/c1-11(2)8-14(3,17)10-16-9-12-4-6-13(15)7-5-12/h4-7,11,16-17H,8-10H2,1-3H3. The van der Waals surface area contributed by atoms with Crippen molar-refractivity contribution < 1.29 is 5.11 Å². The summed E-state index contributed by atoms with van der Waals surface area (Å²) in [5, 5.41) is 13.4. The normalized spacial score (nSPS) is 14.9. The molecule has 0 saturated heterocycles. The molecule has 0 fully saturated rings. The zero-order chi connectivity index (χ0) is 12.9. The SMILES string of the molecule is CC(C)CC(C)(O)CNCc1ccc(Br)cc1. The Morgan fingerprint density at radius 3 is 2.41 bits per heavy atom. The van der Waals surface area contributed by atoms with Gasteiger partial charge in [0.1, 0.15) is 0 Å². The lowest BCUT2D eigenvalue weighted by Crippen LogP contribution is -2.38. The van der Waals surface area contributed by atoms with E-state index in [0.717, 1.165) is 17.4 Å². The van der Waals surface area contributed by atoms with Gasteiger partial charge in [0, 0.05) is 17.6 Å². The number of benzene rings is 1. The third kappa shape index (κ3) is 6.20. The summed E-state index contributed by atoms with van der Waals surface area (Å²) in [5.41, 5.74) is 0.609. The van der Waals surface area contributed by atoms with Gasteiger partial charge in [-0.3, -0.25) is 0 Å². The average Bonchev–Trinajstić information content (AvgIpc) is 2.18. The maximum absolute atomic E-state index is 10.1. The van der Waals surface area contributed by atoms with E-state index in [-0.39, 0.29) is 0 Å². The van der Waals surface area contributed by atoms with Crippen LogP contribution in [0.5, 0.6) is 0 Å². The van der Waals surface area contributed by atoms with Crippen LogP contribution in [0.25, 0.3) is 0 Å². The van der Waals surface area contributed by atoms with Gasteiger partial charge in [-0.25, -0.2) is 0 Å². The van der Waals surface area contributed by atoms with Crippen LogP contribution in [0, 0.1) is 5.92 Å². The first kappa shape index (κ1) is 14.7. The third-order valence-corrected chi connectivity index (χ3v) is 3.12. The van der Waals surface area contributed by atoms with Crippen LogP contribution in [0.3, 0.4) is 0 Å². The van der Waals surface area contributed by atoms with Crippen LogP contribution in [0.1, 0.15) is 32.8 Å². The van der Waals surface area contributed by atoms with Gasteiger partial charge in [-0.15, -0.1) is 0 Å². The second-order valence-corrected chi connectivity index (χ2v) is 6.24. The lowest BCUT2D eigenvalue weighted by molar-refractivity contribution is 0.0383. The summed E-state index contributed by atoms with van der Waals surface area (Å²) in [6, 6.07) is 8.22. The maximum Gasteiger partial charge on any atom is 0.0746 e. The molecule has 1 unspecified atom stereocenters. The largest absolute Gasteiger partial charge is 0.389 e. The Morgan fingerprint density at radius 1 is 1.29 bits per heavy atom. The van der Waals surface area contributed by atoms with Gasteiger partial charge in [0.15, 0.2) is 0 Å². The second-order valence-electron chi connectivity index (χ2n) is 5.32. The van der Waals surface area contributed by atoms with Crippen LogP contribution in [-0.4, -0.2) is 17.3 Å². The highest BCUT2D eigenvalue weighted by atomic mass is 79.9. The van der Waals surface area contributed by atoms with Crippen molar-refractivity contribution in [1.29, 1.82) is 0 Å². The lowest BCUT2D eigenvalue weighted by Gasteiger charge is -2.25. The van der Waals surface area contributed by atoms with E-state index in [4.69, 9.17) is 0 Å². The molecular formula is C14H22BrNO. The predicted molar refractivity (Wildman–Crippen MR) is 75.9 cm³/mol. The van der Waals surface area contributed by atoms with Gasteiger partial charge in [0.25, 0.3) is 0 Å². The van der Waals surface area contributed by atoms with Crippen molar-refractivity contribution in [2.45, 2.75) is 39.3 Å². The van der Waals surface area contributed by atoms with E-state index < -0.39 is 5.60 Å². The zero-order valence-corrected chi connectivity index (χ0v) is 12.4. The van der Waals surface area contributed by atoms with Crippen molar-refractivity contribution in [3.63, 3.8) is 0 Å². The van der Waals surface area contributed by atoms with E-state index in [1.807, 2.05) is 19.1 Å². The Balaban J connectivity index is 2.34. The monoisotopic (exact) mass is 299 g/mol. The van der Waals surface area contributed by atoms with E-state index in [0.29, 0.717) is 12.5 Å². The topological polar surface area (TPSA) is 32.3 Å². The summed E-state index contributed by atoms with van der Waals surface area (Å²) < 4.78 is 1.09. The molecule has 2 N–H and O–H groups in total. The van der Waals surface area contributed by atoms with E-state index in [1.54, 1.807) is 0 Å². The molecule has 0 amide bonds. The first-order valence-electron chi connectivity index (χ1n) is 6.06. The van der Waals surface area contributed by atoms with Gasteiger partial charge in [-0.05, 0) is 37.0 Å². The molecule has 17 heavy (non-hydrogen) atoms. The van der Waals surface area contributed by atoms with Gasteiger partial charge < -0.3 is 10.4 Å². The maximum atomic E-state index is 10.1. The Bertz CT molecular complexity index is 333. The van der Waals surface area contributed by atoms with Gasteiger partial charge in [-0.2, -0.15) is 0 Å². The summed E-state index contributed by atoms with van der Waals surface area (Å²) in [7, 11) is 0. The molecule has 0 heterocycles. The van der Waals surface area contributed by atoms with Gasteiger partial charge in [0.2, 0.25) is 0 Å². The average molecular weight is 300 g/mol. The van der Waals surface area contributed by atoms with Gasteiger partial charge >= 0.3 is 0 Å². The Hall–Kier alpha value is -0.380. The molecule has 2 nitrogen and oxygen atoms in total. The number of halogens is 1. The molecule has 1 aromatic rings. The number of nitrogens with one attached hydrogen (secondary N) is 1. The van der Waals surface area contributed by atoms with Crippen molar-refractivity contribution in [2.24, 2.45) is 5.92 Å². The summed E-state index contributed by atoms with van der Waals surface area (Å²) in [6.07, 6.45) is 0.820. The van der Waals surface area contributed by atoms with Crippen LogP contribution in [-0.2, 0) is 6.54 Å². The lowest BCUT2D eigenvalue weighted by atomic mass is 9.94. The molecule has 3 heteroatoms. The van der Waals surface area contributed by atoms with E-state index in [2.05, 4.69) is 47.2 Å². The highest BCUT2D eigenvalue weighted by molar-refractivity contribution is 9.10. The minimum atomic E-state index is -0.621. The summed E-state index contributed by atoms with van der Waals surface area (Å²) in [5.74, 6) is 0.513. The van der Waals surface area contributed by atoms with Crippen LogP contribution in [0.4, 0.5) is 0 Å². The van der Waals surface area contributed by atoms with E-state index >= 15 is 0 Å². The first-order chi connectivity index (χ1) is 7.89. The summed E-state index contributed by atoms with van der Waals surface area (Å²) in [6.45, 7) is 7.57. The van der Waals surface area contributed by atoms with Crippen LogP contribution in [0.15, 0.2) is 28.7 Å². The molecule has 0 aliphatic carbocycles. The van der Waals surface area contributed by atoms with E-state index in [1.165, 1.54) is 5.56 Å². The Labute approximate surface area is 113 Å². The molecule has 1 atom stereocenters. The molecule has 96 valence electrons. The van der Waals surface area contributed by atoms with Crippen molar-refractivity contribution in [1.82, 2.24) is 5.32 Å². The molecule has 0 aliphatic rings. The number of hydrogen-bond donors (Lipinski definition) is 2. The Kier molecular flexibility index (Phi) is 5.63. The smallest absolute Gasteiger partial charge is 0.0746 e. The van der Waals surface area contributed by atoms with E-state index in [9.17, 15) is 5.11 Å². The molecule has 0 aromatic heterocycles. The number of aliphatic hydroxyl groups is 1. The van der Waals surface area contributed by atoms with Crippen LogP contribution < -0.4 is 5.32 Å². The van der Waals surface area contributed by atoms with Crippen molar-refractivity contribution in [2.75, 3.05) is 6.54 Å². The highest BCUT2D eigenvalue weighted by Gasteiger charge is 2.20. The summed E-state index contributed by atoms with van der Waals surface area (Å²) >= 11 is 3.41. The quantitative estimate of drug-likeness (QED) is 0.844. The molecular weight excluding hydrogens is 278 g/mol. The molecule has 0 saturated carbocycles. The first-order valence-corrected chi connectivity index (χ1v) is 6.86. The van der Waals surface area contributed by atoms with Crippen LogP contribution >= 0.6 is 15.9 Å². The third-order valence-electron chi connectivity index (χ3n) is 2.60. The molecule has 0 aliphatic heterocycles. The van der Waals surface area contributed by atoms with Gasteiger partial charge in [0.05, 0.1) is 5.60 Å². The van der Waals surface area contributed by atoms with Crippen molar-refractivity contribution in [3.05, 3.63) is 34.3 Å². The van der Waals surface area contributed by atoms with Crippen molar-refractivity contribution in [3.8, 4) is 0 Å². The van der Waals surface area contributed by atoms with Gasteiger partial charge in [-0.1, -0.05) is 41.9 Å². The highest BCUT2D eigenvalue weighted by Crippen LogP contribution is 2.15. The minimum absolute atomic E-state index is 0.513. The Morgan fingerprint density at radius 2 is 1.88 bits per heavy atom. The zero-order valence-electron chi connectivity index (χ0n) is 10.8. The van der Waals surface area contributed by atoms with Crippen LogP contribution in [0.2, 0.25) is 0 Å². The molecule has 0 spiro atoms. The minimum Gasteiger partial charge on any atom is -0.389 e. The molecule has 1 rings (SSSR count). The number of rotatable bonds is 6. The fourth-order valence-electron chi connectivity index (χ4n) is 2.03. The molecule has 0 bridgehead atoms. The summed E-state index contributed by atoms with van der Waals surface area (Å²) in [4.78, 5) is 0. The molecule has 1 aromatic carbocycles. The predicted octanol–water partition coefficient (Wildman–Crippen LogP) is 3.34. The molecule has 0 radical (unpaired) electrons.